The standard InChI is InChI=1S/C33H35F2NO6/c1-3-5-19-40-30-20-26(42-21-31(38)41-18-4-2)14-15-27(30)32-28(16-17-29(37)22-6-8-23(34)9-7-22)33(39)36(32)25-12-10-24(35)11-13-25/h4,6-15,20,28-29,32,37H,2-3,5,16-19,21H2,1H3/t28-,29+,32-/m1/s1. The van der Waals surface area contributed by atoms with Crippen LogP contribution in [0.3, 0.4) is 0 Å². The average Bonchev–Trinajstić information content (AvgIpc) is 2.99. The van der Waals surface area contributed by atoms with Crippen LogP contribution in [0, 0.1) is 17.6 Å². The number of amides is 1. The van der Waals surface area contributed by atoms with Gasteiger partial charge in [0, 0.05) is 17.3 Å². The number of hydrogen-bond donors (Lipinski definition) is 1. The van der Waals surface area contributed by atoms with Crippen LogP contribution in [0.1, 0.15) is 55.9 Å². The van der Waals surface area contributed by atoms with Gasteiger partial charge in [-0.2, -0.15) is 0 Å². The van der Waals surface area contributed by atoms with Crippen LogP contribution in [-0.4, -0.2) is 36.8 Å². The molecule has 0 radical (unpaired) electrons. The van der Waals surface area contributed by atoms with Crippen LogP contribution in [-0.2, 0) is 14.3 Å². The maximum Gasteiger partial charge on any atom is 0.344 e. The largest absolute Gasteiger partial charge is 0.493 e. The van der Waals surface area contributed by atoms with Gasteiger partial charge in [-0.25, -0.2) is 13.6 Å². The van der Waals surface area contributed by atoms with Crippen molar-refractivity contribution in [3.05, 3.63) is 102 Å². The van der Waals surface area contributed by atoms with Crippen LogP contribution in [0.25, 0.3) is 0 Å². The number of benzene rings is 3. The number of esters is 1. The van der Waals surface area contributed by atoms with Gasteiger partial charge in [0.25, 0.3) is 0 Å². The van der Waals surface area contributed by atoms with Crippen LogP contribution >= 0.6 is 0 Å². The number of aliphatic hydroxyl groups is 1. The van der Waals surface area contributed by atoms with Gasteiger partial charge in [0.05, 0.1) is 24.7 Å². The molecule has 1 aliphatic rings. The molecule has 0 bridgehead atoms. The molecule has 0 spiro atoms. The Hall–Kier alpha value is -4.24. The van der Waals surface area contributed by atoms with Crippen molar-refractivity contribution in [2.24, 2.45) is 5.92 Å². The first-order valence-corrected chi connectivity index (χ1v) is 14.0. The fraction of sp³-hybridized carbons (Fsp3) is 0.333. The number of rotatable bonds is 15. The monoisotopic (exact) mass is 579 g/mol. The molecular formula is C33H35F2NO6. The summed E-state index contributed by atoms with van der Waals surface area (Å²) in [6, 6.07) is 16.0. The smallest absolute Gasteiger partial charge is 0.344 e. The Morgan fingerprint density at radius 3 is 2.40 bits per heavy atom. The number of unbranched alkanes of at least 4 members (excludes halogenated alkanes) is 1. The van der Waals surface area contributed by atoms with E-state index in [2.05, 4.69) is 6.58 Å². The predicted molar refractivity (Wildman–Crippen MR) is 154 cm³/mol. The number of hydrogen-bond acceptors (Lipinski definition) is 6. The second-order valence-corrected chi connectivity index (χ2v) is 10.0. The summed E-state index contributed by atoms with van der Waals surface area (Å²) >= 11 is 0. The summed E-state index contributed by atoms with van der Waals surface area (Å²) in [5.41, 5.74) is 1.82. The zero-order chi connectivity index (χ0) is 30.1. The van der Waals surface area contributed by atoms with Gasteiger partial charge >= 0.3 is 5.97 Å². The molecule has 0 aliphatic carbocycles. The Balaban J connectivity index is 1.61. The average molecular weight is 580 g/mol. The van der Waals surface area contributed by atoms with E-state index in [0.717, 1.165) is 18.4 Å². The van der Waals surface area contributed by atoms with Gasteiger partial charge in [-0.1, -0.05) is 38.1 Å². The summed E-state index contributed by atoms with van der Waals surface area (Å²) in [7, 11) is 0. The van der Waals surface area contributed by atoms with Gasteiger partial charge in [0.2, 0.25) is 5.91 Å². The molecule has 7 nitrogen and oxygen atoms in total. The molecule has 1 N–H and O–H groups in total. The van der Waals surface area contributed by atoms with Crippen LogP contribution in [0.15, 0.2) is 79.4 Å². The lowest BCUT2D eigenvalue weighted by molar-refractivity contribution is -0.144. The van der Waals surface area contributed by atoms with Crippen LogP contribution in [0.2, 0.25) is 0 Å². The lowest BCUT2D eigenvalue weighted by atomic mass is 9.78. The number of aliphatic hydroxyl groups excluding tert-OH is 1. The highest BCUT2D eigenvalue weighted by Crippen LogP contribution is 2.49. The highest BCUT2D eigenvalue weighted by molar-refractivity contribution is 6.03. The van der Waals surface area contributed by atoms with Crippen molar-refractivity contribution in [3.63, 3.8) is 0 Å². The van der Waals surface area contributed by atoms with Crippen LogP contribution in [0.4, 0.5) is 14.5 Å². The van der Waals surface area contributed by atoms with E-state index in [1.165, 1.54) is 42.5 Å². The Bertz CT molecular complexity index is 1360. The Morgan fingerprint density at radius 1 is 1.05 bits per heavy atom. The molecule has 3 aromatic rings. The fourth-order valence-electron chi connectivity index (χ4n) is 4.90. The minimum absolute atomic E-state index is 0.0820. The molecule has 1 aliphatic heterocycles. The summed E-state index contributed by atoms with van der Waals surface area (Å²) in [6.45, 7) is 5.77. The maximum absolute atomic E-state index is 13.7. The topological polar surface area (TPSA) is 85.3 Å². The van der Waals surface area contributed by atoms with E-state index in [1.54, 1.807) is 35.2 Å². The van der Waals surface area contributed by atoms with Crippen molar-refractivity contribution < 1.29 is 37.7 Å². The molecular weight excluding hydrogens is 544 g/mol. The molecule has 4 rings (SSSR count). The van der Waals surface area contributed by atoms with Crippen LogP contribution < -0.4 is 14.4 Å². The summed E-state index contributed by atoms with van der Waals surface area (Å²) in [4.78, 5) is 27.0. The van der Waals surface area contributed by atoms with E-state index in [0.29, 0.717) is 35.8 Å². The van der Waals surface area contributed by atoms with Crippen LogP contribution in [0.5, 0.6) is 11.5 Å². The molecule has 1 saturated heterocycles. The third kappa shape index (κ3) is 7.53. The molecule has 0 unspecified atom stereocenters. The second kappa shape index (κ2) is 14.6. The van der Waals surface area contributed by atoms with E-state index < -0.39 is 35.7 Å². The Labute approximate surface area is 244 Å². The first-order chi connectivity index (χ1) is 20.3. The van der Waals surface area contributed by atoms with E-state index in [1.807, 2.05) is 6.92 Å². The Kier molecular flexibility index (Phi) is 10.7. The molecule has 0 aromatic heterocycles. The summed E-state index contributed by atoms with van der Waals surface area (Å²) in [6.07, 6.45) is 2.92. The van der Waals surface area contributed by atoms with Gasteiger partial charge in [0.1, 0.15) is 29.7 Å². The number of carbonyl (C=O) groups is 2. The summed E-state index contributed by atoms with van der Waals surface area (Å²) in [5, 5.41) is 10.8. The lowest BCUT2D eigenvalue weighted by Crippen LogP contribution is -2.55. The first kappa shape index (κ1) is 30.7. The number of halogens is 2. The number of carbonyl (C=O) groups excluding carboxylic acids is 2. The SMILES string of the molecule is C=CCOC(=O)COc1ccc([C@@H]2[C@@H](CC[C@H](O)c3ccc(F)cc3)C(=O)N2c2ccc(F)cc2)c(OCCCC)c1. The van der Waals surface area contributed by atoms with Gasteiger partial charge in [0.15, 0.2) is 6.61 Å². The van der Waals surface area contributed by atoms with Crippen molar-refractivity contribution in [2.45, 2.75) is 44.8 Å². The second-order valence-electron chi connectivity index (χ2n) is 10.0. The fourth-order valence-corrected chi connectivity index (χ4v) is 4.90. The molecule has 1 heterocycles. The summed E-state index contributed by atoms with van der Waals surface area (Å²) < 4.78 is 43.8. The zero-order valence-electron chi connectivity index (χ0n) is 23.5. The molecule has 0 saturated carbocycles. The quantitative estimate of drug-likeness (QED) is 0.0962. The molecule has 1 fully saturated rings. The molecule has 222 valence electrons. The summed E-state index contributed by atoms with van der Waals surface area (Å²) in [5.74, 6) is -1.13. The zero-order valence-corrected chi connectivity index (χ0v) is 23.5. The predicted octanol–water partition coefficient (Wildman–Crippen LogP) is 6.47. The van der Waals surface area contributed by atoms with Crippen molar-refractivity contribution >= 4 is 17.6 Å². The number of ether oxygens (including phenoxy) is 3. The van der Waals surface area contributed by atoms with Crippen molar-refractivity contribution in [1.82, 2.24) is 0 Å². The van der Waals surface area contributed by atoms with E-state index in [4.69, 9.17) is 14.2 Å². The highest BCUT2D eigenvalue weighted by atomic mass is 19.1. The lowest BCUT2D eigenvalue weighted by Gasteiger charge is -2.48. The third-order valence-electron chi connectivity index (χ3n) is 7.10. The Morgan fingerprint density at radius 2 is 1.74 bits per heavy atom. The highest BCUT2D eigenvalue weighted by Gasteiger charge is 2.49. The molecule has 3 aromatic carbocycles. The number of anilines is 1. The van der Waals surface area contributed by atoms with Gasteiger partial charge in [-0.05, 0) is 73.4 Å². The van der Waals surface area contributed by atoms with Gasteiger partial charge in [-0.3, -0.25) is 4.79 Å². The molecule has 3 atom stereocenters. The minimum atomic E-state index is -0.879. The normalized spacial score (nSPS) is 16.9. The minimum Gasteiger partial charge on any atom is -0.493 e. The van der Waals surface area contributed by atoms with Gasteiger partial charge < -0.3 is 24.2 Å². The van der Waals surface area contributed by atoms with Crippen molar-refractivity contribution in [1.29, 1.82) is 0 Å². The maximum atomic E-state index is 13.7. The van der Waals surface area contributed by atoms with Crippen molar-refractivity contribution in [3.8, 4) is 11.5 Å². The van der Waals surface area contributed by atoms with E-state index >= 15 is 0 Å². The first-order valence-electron chi connectivity index (χ1n) is 14.0. The molecule has 1 amide bonds. The number of β-lactam (4-membered cyclic amide) rings is 1. The molecule has 9 heteroatoms. The van der Waals surface area contributed by atoms with E-state index in [-0.39, 0.29) is 25.5 Å². The van der Waals surface area contributed by atoms with E-state index in [9.17, 15) is 23.5 Å². The number of nitrogens with zero attached hydrogens (tertiary/aromatic N) is 1. The third-order valence-corrected chi connectivity index (χ3v) is 7.10. The van der Waals surface area contributed by atoms with Crippen molar-refractivity contribution in [2.75, 3.05) is 24.7 Å². The molecule has 42 heavy (non-hydrogen) atoms. The van der Waals surface area contributed by atoms with Gasteiger partial charge in [-0.15, -0.1) is 0 Å².